The quantitative estimate of drug-likeness (QED) is 0.249. The van der Waals surface area contributed by atoms with E-state index in [0.29, 0.717) is 40.9 Å². The van der Waals surface area contributed by atoms with Crippen LogP contribution >= 0.6 is 19.6 Å². The highest BCUT2D eigenvalue weighted by molar-refractivity contribution is 7.39. The van der Waals surface area contributed by atoms with E-state index >= 15 is 0 Å². The fourth-order valence-electron chi connectivity index (χ4n) is 2.65. The highest BCUT2D eigenvalue weighted by Gasteiger charge is 2.19. The molecule has 0 saturated heterocycles. The maximum atomic E-state index is 11.8. The van der Waals surface area contributed by atoms with Crippen molar-refractivity contribution in [2.75, 3.05) is 32.4 Å². The standard InChI is InChI=1S/C14H14ClN5O3P.C7H16N2O2/c15-10-1-3-11(4-2-10)23-24(21)9-22-6-5-20-8-19-12-13(16)17-7-18-14(12)20;1-5(2)9-7(10)6(8)4-11-3/h1-4,7-8H,5-6,9H2,(H2,16,17,18);5-6H,4,8H2,1-3H3,(H,9,10)/q+1;. The highest BCUT2D eigenvalue weighted by atomic mass is 35.5. The van der Waals surface area contributed by atoms with Gasteiger partial charge >= 0.3 is 8.03 Å². The number of nitrogens with one attached hydrogen (secondary N) is 1. The summed E-state index contributed by atoms with van der Waals surface area (Å²) in [5.74, 6) is 0.651. The number of carbonyl (C=O) groups is 1. The molecular formula is C21H30ClN7O5P+. The first-order valence-electron chi connectivity index (χ1n) is 10.6. The molecule has 3 aromatic rings. The summed E-state index contributed by atoms with van der Waals surface area (Å²) in [6.45, 7) is 4.87. The van der Waals surface area contributed by atoms with E-state index in [1.165, 1.54) is 13.4 Å². The predicted octanol–water partition coefficient (Wildman–Crippen LogP) is 2.34. The molecule has 0 aliphatic rings. The lowest BCUT2D eigenvalue weighted by atomic mass is 10.3. The van der Waals surface area contributed by atoms with Crippen LogP contribution in [0, 0.1) is 0 Å². The number of anilines is 1. The summed E-state index contributed by atoms with van der Waals surface area (Å²) in [5, 5.41) is 3.27. The highest BCUT2D eigenvalue weighted by Crippen LogP contribution is 2.27. The van der Waals surface area contributed by atoms with Gasteiger partial charge < -0.3 is 30.8 Å². The maximum Gasteiger partial charge on any atom is 0.585 e. The number of halogens is 1. The predicted molar refractivity (Wildman–Crippen MR) is 133 cm³/mol. The number of carbonyl (C=O) groups excluding carboxylic acids is 1. The second-order valence-corrected chi connectivity index (χ2v) is 9.05. The second kappa shape index (κ2) is 14.5. The molecule has 1 amide bonds. The van der Waals surface area contributed by atoms with Crippen molar-refractivity contribution in [1.82, 2.24) is 24.8 Å². The van der Waals surface area contributed by atoms with Crippen molar-refractivity contribution in [1.29, 1.82) is 0 Å². The minimum Gasteiger partial charge on any atom is -0.383 e. The first kappa shape index (κ1) is 28.3. The third-order valence-electron chi connectivity index (χ3n) is 4.24. The Bertz CT molecular complexity index is 1100. The molecule has 2 aromatic heterocycles. The van der Waals surface area contributed by atoms with Crippen molar-refractivity contribution in [3.8, 4) is 5.75 Å². The molecule has 2 unspecified atom stereocenters. The average molecular weight is 527 g/mol. The monoisotopic (exact) mass is 526 g/mol. The van der Waals surface area contributed by atoms with Gasteiger partial charge in [-0.05, 0) is 42.7 Å². The van der Waals surface area contributed by atoms with E-state index in [1.807, 2.05) is 13.8 Å². The Morgan fingerprint density at radius 2 is 1.94 bits per heavy atom. The molecule has 5 N–H and O–H groups in total. The van der Waals surface area contributed by atoms with Crippen LogP contribution in [0.5, 0.6) is 5.75 Å². The van der Waals surface area contributed by atoms with Crippen molar-refractivity contribution in [2.45, 2.75) is 32.5 Å². The van der Waals surface area contributed by atoms with Crippen LogP contribution in [-0.2, 0) is 25.4 Å². The molecular weight excluding hydrogens is 497 g/mol. The lowest BCUT2D eigenvalue weighted by Gasteiger charge is -2.13. The number of rotatable bonds is 11. The summed E-state index contributed by atoms with van der Waals surface area (Å²) in [7, 11) is -0.445. The first-order chi connectivity index (χ1) is 16.7. The van der Waals surface area contributed by atoms with Crippen LogP contribution in [0.4, 0.5) is 5.82 Å². The molecule has 14 heteroatoms. The van der Waals surface area contributed by atoms with E-state index in [-0.39, 0.29) is 24.9 Å². The normalized spacial score (nSPS) is 12.1. The van der Waals surface area contributed by atoms with Crippen LogP contribution in [0.3, 0.4) is 0 Å². The molecule has 12 nitrogen and oxygen atoms in total. The fourth-order valence-corrected chi connectivity index (χ4v) is 3.46. The Balaban J connectivity index is 0.000000334. The number of nitrogens with two attached hydrogens (primary N) is 2. The number of nitrogen functional groups attached to an aromatic ring is 1. The van der Waals surface area contributed by atoms with Gasteiger partial charge in [0.1, 0.15) is 17.9 Å². The minimum absolute atomic E-state index is 0.0122. The molecule has 3 rings (SSSR count). The summed E-state index contributed by atoms with van der Waals surface area (Å²) in [6.07, 6.45) is 2.98. The van der Waals surface area contributed by atoms with Gasteiger partial charge in [0, 0.05) is 24.7 Å². The Morgan fingerprint density at radius 3 is 2.60 bits per heavy atom. The van der Waals surface area contributed by atoms with Gasteiger partial charge in [-0.15, -0.1) is 0 Å². The summed E-state index contributed by atoms with van der Waals surface area (Å²) in [6, 6.07) is 6.21. The van der Waals surface area contributed by atoms with Crippen molar-refractivity contribution >= 4 is 42.5 Å². The van der Waals surface area contributed by atoms with Crippen molar-refractivity contribution in [2.24, 2.45) is 5.73 Å². The molecule has 0 aliphatic heterocycles. The number of hydrogen-bond acceptors (Lipinski definition) is 10. The number of aromatic nitrogens is 4. The van der Waals surface area contributed by atoms with Gasteiger partial charge in [-0.25, -0.2) is 15.0 Å². The molecule has 0 aliphatic carbocycles. The van der Waals surface area contributed by atoms with Crippen LogP contribution < -0.4 is 21.3 Å². The molecule has 190 valence electrons. The SMILES string of the molecule is COCC(N)C(=O)NC(C)C.Nc1ncnc2c1ncn2CCOC[P+](=O)Oc1ccc(Cl)cc1. The zero-order valence-corrected chi connectivity index (χ0v) is 21.4. The van der Waals surface area contributed by atoms with Crippen LogP contribution in [0.2, 0.25) is 5.02 Å². The number of amides is 1. The number of nitrogens with zero attached hydrogens (tertiary/aromatic N) is 4. The topological polar surface area (TPSA) is 169 Å². The number of ether oxygens (including phenoxy) is 2. The molecule has 0 radical (unpaired) electrons. The lowest BCUT2D eigenvalue weighted by molar-refractivity contribution is -0.123. The van der Waals surface area contributed by atoms with Crippen LogP contribution in [0.15, 0.2) is 36.9 Å². The summed E-state index contributed by atoms with van der Waals surface area (Å²) < 4.78 is 29.0. The first-order valence-corrected chi connectivity index (χ1v) is 12.4. The van der Waals surface area contributed by atoms with Crippen molar-refractivity contribution in [3.63, 3.8) is 0 Å². The Labute approximate surface area is 209 Å². The largest absolute Gasteiger partial charge is 0.585 e. The van der Waals surface area contributed by atoms with E-state index < -0.39 is 14.1 Å². The van der Waals surface area contributed by atoms with Gasteiger partial charge in [-0.3, -0.25) is 9.32 Å². The van der Waals surface area contributed by atoms with E-state index in [9.17, 15) is 9.36 Å². The number of methoxy groups -OCH3 is 1. The molecule has 0 spiro atoms. The summed E-state index contributed by atoms with van der Waals surface area (Å²) >= 11 is 5.77. The van der Waals surface area contributed by atoms with Gasteiger partial charge in [-0.1, -0.05) is 11.6 Å². The number of fused-ring (bicyclic) bond motifs is 1. The van der Waals surface area contributed by atoms with Crippen LogP contribution in [0.1, 0.15) is 13.8 Å². The molecule has 0 saturated carbocycles. The van der Waals surface area contributed by atoms with Gasteiger partial charge in [0.2, 0.25) is 5.91 Å². The number of hydrogen-bond donors (Lipinski definition) is 3. The molecule has 0 bridgehead atoms. The third-order valence-corrected chi connectivity index (χ3v) is 5.30. The lowest BCUT2D eigenvalue weighted by Crippen LogP contribution is -2.45. The third kappa shape index (κ3) is 9.71. The zero-order chi connectivity index (χ0) is 25.8. The summed E-state index contributed by atoms with van der Waals surface area (Å²) in [4.78, 5) is 23.2. The van der Waals surface area contributed by atoms with E-state index in [1.54, 1.807) is 35.2 Å². The van der Waals surface area contributed by atoms with E-state index in [0.717, 1.165) is 0 Å². The molecule has 2 atom stereocenters. The molecule has 1 aromatic carbocycles. The fraction of sp³-hybridized carbons (Fsp3) is 0.429. The van der Waals surface area contributed by atoms with Gasteiger partial charge in [0.15, 0.2) is 17.2 Å². The minimum atomic E-state index is -1.96. The van der Waals surface area contributed by atoms with Gasteiger partial charge in [0.25, 0.3) is 6.35 Å². The van der Waals surface area contributed by atoms with Crippen LogP contribution in [-0.4, -0.2) is 64.2 Å². The van der Waals surface area contributed by atoms with E-state index in [4.69, 9.17) is 37.1 Å². The van der Waals surface area contributed by atoms with Crippen molar-refractivity contribution in [3.05, 3.63) is 41.9 Å². The molecule has 2 heterocycles. The van der Waals surface area contributed by atoms with Gasteiger partial charge in [0.05, 0.1) is 19.5 Å². The number of benzene rings is 1. The number of imidazole rings is 1. The smallest absolute Gasteiger partial charge is 0.383 e. The second-order valence-electron chi connectivity index (χ2n) is 7.51. The van der Waals surface area contributed by atoms with Crippen molar-refractivity contribution < 1.29 is 23.4 Å². The van der Waals surface area contributed by atoms with Crippen LogP contribution in [0.25, 0.3) is 11.2 Å². The molecule has 35 heavy (non-hydrogen) atoms. The maximum absolute atomic E-state index is 11.8. The Kier molecular flexibility index (Phi) is 11.7. The zero-order valence-electron chi connectivity index (χ0n) is 19.8. The van der Waals surface area contributed by atoms with E-state index in [2.05, 4.69) is 20.3 Å². The van der Waals surface area contributed by atoms with Gasteiger partial charge in [-0.2, -0.15) is 0 Å². The average Bonchev–Trinajstić information content (AvgIpc) is 3.23. The molecule has 0 fully saturated rings. The Hall–Kier alpha value is -2.89. The summed E-state index contributed by atoms with van der Waals surface area (Å²) in [5.41, 5.74) is 12.3. The Morgan fingerprint density at radius 1 is 1.23 bits per heavy atom.